The number of carbonyl (C=O) groups is 1. The summed E-state index contributed by atoms with van der Waals surface area (Å²) < 4.78 is 4.71. The van der Waals surface area contributed by atoms with Crippen LogP contribution in [0.5, 0.6) is 0 Å². The van der Waals surface area contributed by atoms with Crippen LogP contribution in [0.15, 0.2) is 18.2 Å². The quantitative estimate of drug-likeness (QED) is 0.615. The Bertz CT molecular complexity index is 511. The molecule has 0 bridgehead atoms. The van der Waals surface area contributed by atoms with Crippen LogP contribution in [0, 0.1) is 10.1 Å². The molecular weight excluding hydrogens is 272 g/mol. The molecule has 1 amide bonds. The first-order valence-electron chi connectivity index (χ1n) is 5.50. The molecule has 0 unspecified atom stereocenters. The molecule has 1 aromatic rings. The summed E-state index contributed by atoms with van der Waals surface area (Å²) in [5.41, 5.74) is -0.529. The van der Waals surface area contributed by atoms with Crippen LogP contribution in [0.3, 0.4) is 0 Å². The zero-order valence-corrected chi connectivity index (χ0v) is 11.9. The van der Waals surface area contributed by atoms with Gasteiger partial charge in [-0.3, -0.25) is 15.0 Å². The number of non-ortho nitro benzene ring substituents is 1. The van der Waals surface area contributed by atoms with Gasteiger partial charge in [-0.2, -0.15) is 0 Å². The van der Waals surface area contributed by atoms with Gasteiger partial charge in [0.05, 0.1) is 22.7 Å². The normalized spacial score (nSPS) is 11.0. The van der Waals surface area contributed by atoms with Gasteiger partial charge < -0.3 is 4.74 Å². The number of halogens is 1. The lowest BCUT2D eigenvalue weighted by molar-refractivity contribution is -0.384. The second-order valence-corrected chi connectivity index (χ2v) is 5.28. The van der Waals surface area contributed by atoms with Gasteiger partial charge >= 0.3 is 6.09 Å². The van der Waals surface area contributed by atoms with E-state index in [1.807, 2.05) is 0 Å². The zero-order valence-electron chi connectivity index (χ0n) is 11.1. The summed E-state index contributed by atoms with van der Waals surface area (Å²) in [4.78, 5) is 23.4. The van der Waals surface area contributed by atoms with E-state index in [-0.39, 0.29) is 16.4 Å². The first kappa shape index (κ1) is 15.2. The minimum atomic E-state index is -0.633. The Morgan fingerprint density at radius 1 is 1.42 bits per heavy atom. The van der Waals surface area contributed by atoms with Gasteiger partial charge in [-0.25, -0.2) is 4.79 Å². The molecule has 0 atom stereocenters. The fourth-order valence-corrected chi connectivity index (χ4v) is 1.81. The van der Waals surface area contributed by atoms with Crippen LogP contribution in [-0.2, 0) is 4.74 Å². The molecule has 0 saturated heterocycles. The number of nitro benzene ring substituents is 1. The van der Waals surface area contributed by atoms with Crippen LogP contribution < -0.4 is 4.90 Å². The number of hydrogen-bond donors (Lipinski definition) is 0. The van der Waals surface area contributed by atoms with Crippen LogP contribution in [-0.4, -0.2) is 23.7 Å². The zero-order chi connectivity index (χ0) is 14.8. The van der Waals surface area contributed by atoms with Crippen molar-refractivity contribution in [2.45, 2.75) is 26.3 Å². The molecular formula is C12H15ClN2O4. The predicted molar refractivity (Wildman–Crippen MR) is 72.7 cm³/mol. The summed E-state index contributed by atoms with van der Waals surface area (Å²) >= 11 is 6.03. The predicted octanol–water partition coefficient (Wildman–Crippen LogP) is 3.62. The molecule has 6 nitrogen and oxygen atoms in total. The summed E-state index contributed by atoms with van der Waals surface area (Å²) in [5, 5.41) is 11.0. The second-order valence-electron chi connectivity index (χ2n) is 4.87. The summed E-state index contributed by atoms with van der Waals surface area (Å²) in [7, 11) is 1.24. The summed E-state index contributed by atoms with van der Waals surface area (Å²) in [6.45, 7) is 5.33. The molecule has 1 aromatic carbocycles. The van der Waals surface area contributed by atoms with E-state index in [9.17, 15) is 14.9 Å². The molecule has 7 heteroatoms. The highest BCUT2D eigenvalue weighted by Gasteiger charge is 2.31. The maximum absolute atomic E-state index is 11.9. The molecule has 0 heterocycles. The van der Waals surface area contributed by atoms with Gasteiger partial charge in [0.1, 0.15) is 0 Å². The van der Waals surface area contributed by atoms with Crippen molar-refractivity contribution in [2.75, 3.05) is 12.0 Å². The van der Waals surface area contributed by atoms with Gasteiger partial charge in [0.2, 0.25) is 0 Å². The van der Waals surface area contributed by atoms with E-state index in [4.69, 9.17) is 16.3 Å². The van der Waals surface area contributed by atoms with Crippen molar-refractivity contribution in [1.82, 2.24) is 0 Å². The number of ether oxygens (including phenoxy) is 1. The van der Waals surface area contributed by atoms with Gasteiger partial charge in [-0.05, 0) is 26.8 Å². The van der Waals surface area contributed by atoms with Crippen molar-refractivity contribution in [2.24, 2.45) is 0 Å². The standard InChI is InChI=1S/C12H15ClN2O4/c1-12(2,3)14(11(16)19-4)10-7-8(15(17)18)5-6-9(10)13/h5-7H,1-4H3. The number of nitrogens with zero attached hydrogens (tertiary/aromatic N) is 2. The molecule has 0 aliphatic carbocycles. The Morgan fingerprint density at radius 2 is 2.00 bits per heavy atom. The van der Waals surface area contributed by atoms with E-state index >= 15 is 0 Å². The van der Waals surface area contributed by atoms with Crippen molar-refractivity contribution in [3.05, 3.63) is 33.3 Å². The minimum Gasteiger partial charge on any atom is -0.452 e. The van der Waals surface area contributed by atoms with E-state index in [1.54, 1.807) is 20.8 Å². The molecule has 0 radical (unpaired) electrons. The number of nitro groups is 1. The summed E-state index contributed by atoms with van der Waals surface area (Å²) in [5.74, 6) is 0. The fraction of sp³-hybridized carbons (Fsp3) is 0.417. The van der Waals surface area contributed by atoms with Crippen LogP contribution >= 0.6 is 11.6 Å². The van der Waals surface area contributed by atoms with E-state index < -0.39 is 16.6 Å². The molecule has 104 valence electrons. The van der Waals surface area contributed by atoms with E-state index in [0.29, 0.717) is 0 Å². The highest BCUT2D eigenvalue weighted by atomic mass is 35.5. The molecule has 0 aliphatic rings. The average Bonchev–Trinajstić information content (AvgIpc) is 2.29. The molecule has 0 fully saturated rings. The highest BCUT2D eigenvalue weighted by molar-refractivity contribution is 6.33. The summed E-state index contributed by atoms with van der Waals surface area (Å²) in [6, 6.07) is 3.92. The first-order chi connectivity index (χ1) is 8.68. The first-order valence-corrected chi connectivity index (χ1v) is 5.88. The second kappa shape index (κ2) is 5.44. The van der Waals surface area contributed by atoms with Crippen molar-refractivity contribution in [1.29, 1.82) is 0 Å². The number of methoxy groups -OCH3 is 1. The number of amides is 1. The average molecular weight is 287 g/mol. The summed E-state index contributed by atoms with van der Waals surface area (Å²) in [6.07, 6.45) is -0.630. The van der Waals surface area contributed by atoms with Crippen LogP contribution in [0.25, 0.3) is 0 Å². The van der Waals surface area contributed by atoms with Crippen molar-refractivity contribution in [3.8, 4) is 0 Å². The smallest absolute Gasteiger partial charge is 0.414 e. The number of rotatable bonds is 2. The third-order valence-corrected chi connectivity index (χ3v) is 2.73. The third-order valence-electron chi connectivity index (χ3n) is 2.41. The van der Waals surface area contributed by atoms with Crippen molar-refractivity contribution in [3.63, 3.8) is 0 Å². The number of anilines is 1. The van der Waals surface area contributed by atoms with Gasteiger partial charge in [0.15, 0.2) is 0 Å². The lowest BCUT2D eigenvalue weighted by Gasteiger charge is -2.34. The van der Waals surface area contributed by atoms with Crippen LogP contribution in [0.2, 0.25) is 5.02 Å². The van der Waals surface area contributed by atoms with Crippen LogP contribution in [0.1, 0.15) is 20.8 Å². The minimum absolute atomic E-state index is 0.141. The van der Waals surface area contributed by atoms with Gasteiger partial charge in [-0.15, -0.1) is 0 Å². The molecule has 0 N–H and O–H groups in total. The van der Waals surface area contributed by atoms with E-state index in [0.717, 1.165) is 0 Å². The van der Waals surface area contributed by atoms with Crippen molar-refractivity contribution < 1.29 is 14.5 Å². The molecule has 0 aromatic heterocycles. The topological polar surface area (TPSA) is 72.7 Å². The van der Waals surface area contributed by atoms with E-state index in [2.05, 4.69) is 0 Å². The monoisotopic (exact) mass is 286 g/mol. The third kappa shape index (κ3) is 3.35. The maximum atomic E-state index is 11.9. The Kier molecular flexibility index (Phi) is 4.36. The highest BCUT2D eigenvalue weighted by Crippen LogP contribution is 2.34. The number of benzene rings is 1. The van der Waals surface area contributed by atoms with Crippen molar-refractivity contribution >= 4 is 29.1 Å². The molecule has 0 saturated carbocycles. The Morgan fingerprint density at radius 3 is 2.42 bits per heavy atom. The van der Waals surface area contributed by atoms with Gasteiger partial charge in [0, 0.05) is 17.7 Å². The Labute approximate surface area is 116 Å². The lowest BCUT2D eigenvalue weighted by Crippen LogP contribution is -2.46. The Balaban J connectivity index is 3.41. The van der Waals surface area contributed by atoms with Crippen LogP contribution in [0.4, 0.5) is 16.2 Å². The van der Waals surface area contributed by atoms with E-state index in [1.165, 1.54) is 30.2 Å². The maximum Gasteiger partial charge on any atom is 0.414 e. The lowest BCUT2D eigenvalue weighted by atomic mass is 10.1. The fourth-order valence-electron chi connectivity index (χ4n) is 1.61. The van der Waals surface area contributed by atoms with Gasteiger partial charge in [0.25, 0.3) is 5.69 Å². The molecule has 0 spiro atoms. The number of carbonyl (C=O) groups excluding carboxylic acids is 1. The molecule has 19 heavy (non-hydrogen) atoms. The molecule has 1 rings (SSSR count). The molecule has 0 aliphatic heterocycles. The SMILES string of the molecule is COC(=O)N(c1cc([N+](=O)[O-])ccc1Cl)C(C)(C)C. The Hall–Kier alpha value is -1.82. The van der Waals surface area contributed by atoms with Gasteiger partial charge in [-0.1, -0.05) is 11.6 Å². The number of hydrogen-bond acceptors (Lipinski definition) is 4. The largest absolute Gasteiger partial charge is 0.452 e.